The summed E-state index contributed by atoms with van der Waals surface area (Å²) < 4.78 is 0. The summed E-state index contributed by atoms with van der Waals surface area (Å²) >= 11 is 0. The Morgan fingerprint density at radius 1 is 0.615 bits per heavy atom. The van der Waals surface area contributed by atoms with Crippen LogP contribution in [0.15, 0.2) is 97.1 Å². The maximum Gasteiger partial charge on any atom is 2.00 e. The molecule has 2 aromatic heterocycles. The van der Waals surface area contributed by atoms with Crippen LogP contribution in [0, 0.1) is 0 Å². The molecule has 10 nitrogen and oxygen atoms in total. The fraction of sp³-hybridized carbons (Fsp3) is 0.0714. The van der Waals surface area contributed by atoms with Crippen LogP contribution in [0.1, 0.15) is 34.8 Å². The van der Waals surface area contributed by atoms with Gasteiger partial charge in [0.25, 0.3) is 0 Å². The normalized spacial score (nSPS) is 9.08. The van der Waals surface area contributed by atoms with Crippen LogP contribution in [0.3, 0.4) is 0 Å². The second-order valence-electron chi connectivity index (χ2n) is 7.52. The van der Waals surface area contributed by atoms with Gasteiger partial charge in [0.1, 0.15) is 0 Å². The number of para-hydroxylation sites is 2. The van der Waals surface area contributed by atoms with Crippen molar-refractivity contribution in [2.45, 2.75) is 13.8 Å². The predicted octanol–water partition coefficient (Wildman–Crippen LogP) is 2.49. The van der Waals surface area contributed by atoms with Gasteiger partial charge in [-0.25, -0.2) is 19.6 Å². The first-order valence-corrected chi connectivity index (χ1v) is 10.7. The van der Waals surface area contributed by atoms with E-state index >= 15 is 0 Å². The van der Waals surface area contributed by atoms with Crippen molar-refractivity contribution in [1.29, 1.82) is 0 Å². The first-order chi connectivity index (χ1) is 17.8. The van der Waals surface area contributed by atoms with Crippen molar-refractivity contribution in [2.24, 2.45) is 0 Å². The second kappa shape index (κ2) is 16.8. The monoisotopic (exact) mass is 579 g/mol. The predicted molar refractivity (Wildman–Crippen MR) is 137 cm³/mol. The average Bonchev–Trinajstić information content (AvgIpc) is 2.89. The number of carbonyl (C=O) groups is 4. The molecular weight excluding hydrogens is 556 g/mol. The SMILES string of the molecule is C=C(C)C(=O)O.C=C(C)C(=O)O.O=C([O-])c1ccc2ccccc2n1.O=C([O-])c1ccc2ccccc2n1.[Cu+2]. The third-order valence-electron chi connectivity index (χ3n) is 4.35. The van der Waals surface area contributed by atoms with E-state index in [4.69, 9.17) is 10.2 Å². The van der Waals surface area contributed by atoms with Crippen LogP contribution in [0.5, 0.6) is 0 Å². The van der Waals surface area contributed by atoms with Crippen LogP contribution in [0.2, 0.25) is 0 Å². The van der Waals surface area contributed by atoms with Gasteiger partial charge in [-0.3, -0.25) is 0 Å². The molecular formula is C28H24CuN2O8. The van der Waals surface area contributed by atoms with E-state index in [0.717, 1.165) is 10.8 Å². The zero-order chi connectivity index (χ0) is 28.8. The minimum absolute atomic E-state index is 0. The van der Waals surface area contributed by atoms with Gasteiger partial charge >= 0.3 is 29.0 Å². The molecule has 0 bridgehead atoms. The van der Waals surface area contributed by atoms with Crippen molar-refractivity contribution in [3.8, 4) is 0 Å². The molecule has 0 spiro atoms. The molecule has 4 rings (SSSR count). The molecule has 0 saturated heterocycles. The molecule has 0 atom stereocenters. The molecule has 0 amide bonds. The maximum atomic E-state index is 10.5. The molecule has 0 fully saturated rings. The topological polar surface area (TPSA) is 181 Å². The van der Waals surface area contributed by atoms with Crippen molar-refractivity contribution in [3.63, 3.8) is 0 Å². The summed E-state index contributed by atoms with van der Waals surface area (Å²) in [5.74, 6) is -4.36. The summed E-state index contributed by atoms with van der Waals surface area (Å²) in [6.07, 6.45) is 0. The summed E-state index contributed by atoms with van der Waals surface area (Å²) in [7, 11) is 0. The molecule has 0 saturated carbocycles. The molecule has 2 heterocycles. The van der Waals surface area contributed by atoms with Crippen molar-refractivity contribution in [3.05, 3.63) is 108 Å². The van der Waals surface area contributed by atoms with Crippen LogP contribution in [-0.4, -0.2) is 44.1 Å². The van der Waals surface area contributed by atoms with Crippen LogP contribution in [0.25, 0.3) is 21.8 Å². The quantitative estimate of drug-likeness (QED) is 0.269. The van der Waals surface area contributed by atoms with E-state index in [1.54, 1.807) is 24.3 Å². The Bertz CT molecular complexity index is 1360. The zero-order valence-corrected chi connectivity index (χ0v) is 21.8. The summed E-state index contributed by atoms with van der Waals surface area (Å²) in [5, 5.41) is 38.6. The van der Waals surface area contributed by atoms with E-state index in [1.165, 1.54) is 26.0 Å². The zero-order valence-electron chi connectivity index (χ0n) is 20.9. The van der Waals surface area contributed by atoms with Gasteiger partial charge in [0, 0.05) is 21.9 Å². The Balaban J connectivity index is 0.000000524. The van der Waals surface area contributed by atoms with Crippen molar-refractivity contribution in [2.75, 3.05) is 0 Å². The number of nitrogens with zero attached hydrogens (tertiary/aromatic N) is 2. The number of fused-ring (bicyclic) bond motifs is 2. The Kier molecular flexibility index (Phi) is 14.7. The minimum Gasteiger partial charge on any atom is -0.543 e. The molecule has 2 N–H and O–H groups in total. The largest absolute Gasteiger partial charge is 2.00 e. The molecule has 0 aliphatic heterocycles. The van der Waals surface area contributed by atoms with E-state index in [1.807, 2.05) is 36.4 Å². The third kappa shape index (κ3) is 12.3. The van der Waals surface area contributed by atoms with Gasteiger partial charge in [-0.15, -0.1) is 0 Å². The number of carbonyl (C=O) groups excluding carboxylic acids is 2. The number of aromatic nitrogens is 2. The Labute approximate surface area is 234 Å². The first-order valence-electron chi connectivity index (χ1n) is 10.7. The van der Waals surface area contributed by atoms with Crippen LogP contribution >= 0.6 is 0 Å². The summed E-state index contributed by atoms with van der Waals surface area (Å²) in [5.41, 5.74) is 1.64. The van der Waals surface area contributed by atoms with Crippen LogP contribution in [0.4, 0.5) is 0 Å². The Morgan fingerprint density at radius 3 is 1.15 bits per heavy atom. The number of benzene rings is 2. The van der Waals surface area contributed by atoms with Gasteiger partial charge in [-0.1, -0.05) is 61.7 Å². The average molecular weight is 580 g/mol. The summed E-state index contributed by atoms with van der Waals surface area (Å²) in [6, 6.07) is 21.0. The van der Waals surface area contributed by atoms with Crippen molar-refractivity contribution >= 4 is 45.7 Å². The van der Waals surface area contributed by atoms with Crippen LogP contribution < -0.4 is 10.2 Å². The number of hydrogen-bond acceptors (Lipinski definition) is 8. The number of rotatable bonds is 4. The minimum atomic E-state index is -1.24. The molecule has 39 heavy (non-hydrogen) atoms. The molecule has 11 heteroatoms. The van der Waals surface area contributed by atoms with Crippen LogP contribution in [-0.2, 0) is 26.7 Å². The molecule has 4 aromatic rings. The number of aromatic carboxylic acids is 2. The Hall–Kier alpha value is -4.86. The number of carboxylic acids is 4. The van der Waals surface area contributed by atoms with E-state index in [-0.39, 0.29) is 39.6 Å². The first kappa shape index (κ1) is 34.1. The standard InChI is InChI=1S/2C10H7NO2.2C4H6O2.Cu/c2*12-10(13)9-6-5-7-3-1-2-4-8(7)11-9;2*1-3(2)4(5)6;/h2*1-6H,(H,12,13);2*1H2,2H3,(H,5,6);/q;;;;+2/p-2. The van der Waals surface area contributed by atoms with E-state index < -0.39 is 23.9 Å². The summed E-state index contributed by atoms with van der Waals surface area (Å²) in [4.78, 5) is 48.0. The molecule has 0 aliphatic rings. The van der Waals surface area contributed by atoms with Gasteiger partial charge in [-0.05, 0) is 38.1 Å². The smallest absolute Gasteiger partial charge is 0.543 e. The number of hydrogen-bond donors (Lipinski definition) is 2. The van der Waals surface area contributed by atoms with Crippen molar-refractivity contribution in [1.82, 2.24) is 9.97 Å². The summed E-state index contributed by atoms with van der Waals surface area (Å²) in [6.45, 7) is 9.20. The molecule has 0 aliphatic carbocycles. The van der Waals surface area contributed by atoms with Gasteiger partial charge in [0.05, 0.1) is 34.4 Å². The molecule has 205 valence electrons. The van der Waals surface area contributed by atoms with E-state index in [0.29, 0.717) is 11.0 Å². The van der Waals surface area contributed by atoms with E-state index in [2.05, 4.69) is 23.1 Å². The van der Waals surface area contributed by atoms with E-state index in [9.17, 15) is 29.4 Å². The van der Waals surface area contributed by atoms with Gasteiger partial charge < -0.3 is 30.0 Å². The van der Waals surface area contributed by atoms with Gasteiger partial charge in [0.2, 0.25) is 0 Å². The molecule has 1 radical (unpaired) electrons. The molecule has 0 unspecified atom stereocenters. The number of aliphatic carboxylic acids is 2. The molecule has 2 aromatic carbocycles. The Morgan fingerprint density at radius 2 is 0.897 bits per heavy atom. The van der Waals surface area contributed by atoms with Gasteiger partial charge in [0.15, 0.2) is 0 Å². The maximum absolute atomic E-state index is 10.5. The third-order valence-corrected chi connectivity index (χ3v) is 4.35. The number of pyridine rings is 2. The fourth-order valence-electron chi connectivity index (χ4n) is 2.36. The fourth-order valence-corrected chi connectivity index (χ4v) is 2.36. The number of carboxylic acid groups (broad SMARTS) is 4. The second-order valence-corrected chi connectivity index (χ2v) is 7.52. The van der Waals surface area contributed by atoms with Gasteiger partial charge in [-0.2, -0.15) is 0 Å². The van der Waals surface area contributed by atoms with Crippen molar-refractivity contribution < 1.29 is 56.7 Å².